The number of pyridine rings is 3. The smallest absolute Gasteiger partial charge is 0.263 e. The van der Waals surface area contributed by atoms with E-state index in [-0.39, 0.29) is 5.56 Å². The molecule has 0 fully saturated rings. The molecule has 1 aromatic carbocycles. The van der Waals surface area contributed by atoms with Gasteiger partial charge in [0.15, 0.2) is 0 Å². The predicted molar refractivity (Wildman–Crippen MR) is 121 cm³/mol. The molecule has 29 heavy (non-hydrogen) atoms. The SMILES string of the molecule is O=c1c2c(-c3ccncc3)csc2ccn1C=Cc1ccc2cc(Cl)ccc2n1. The van der Waals surface area contributed by atoms with Gasteiger partial charge < -0.3 is 0 Å². The van der Waals surface area contributed by atoms with Crippen molar-refractivity contribution in [2.24, 2.45) is 0 Å². The summed E-state index contributed by atoms with van der Waals surface area (Å²) in [7, 11) is 0. The van der Waals surface area contributed by atoms with Crippen molar-refractivity contribution in [2.75, 3.05) is 0 Å². The molecule has 4 aromatic heterocycles. The Bertz CT molecular complexity index is 1440. The molecule has 0 amide bonds. The molecule has 4 nitrogen and oxygen atoms in total. The molecule has 0 aliphatic heterocycles. The molecule has 0 aliphatic carbocycles. The highest BCUT2D eigenvalue weighted by Gasteiger charge is 2.11. The summed E-state index contributed by atoms with van der Waals surface area (Å²) in [6, 6.07) is 15.3. The molecule has 0 N–H and O–H groups in total. The van der Waals surface area contributed by atoms with Gasteiger partial charge in [-0.15, -0.1) is 11.3 Å². The van der Waals surface area contributed by atoms with Crippen molar-refractivity contribution in [1.29, 1.82) is 0 Å². The van der Waals surface area contributed by atoms with Gasteiger partial charge in [0, 0.05) is 50.8 Å². The van der Waals surface area contributed by atoms with Crippen molar-refractivity contribution in [3.05, 3.63) is 93.6 Å². The number of aromatic nitrogens is 3. The van der Waals surface area contributed by atoms with Crippen LogP contribution in [0.15, 0.2) is 77.3 Å². The third-order valence-corrected chi connectivity index (χ3v) is 5.91. The molecule has 140 valence electrons. The first-order chi connectivity index (χ1) is 14.2. The van der Waals surface area contributed by atoms with E-state index in [0.29, 0.717) is 5.02 Å². The van der Waals surface area contributed by atoms with Crippen LogP contribution in [0.3, 0.4) is 0 Å². The summed E-state index contributed by atoms with van der Waals surface area (Å²) in [6.07, 6.45) is 8.84. The second kappa shape index (κ2) is 7.28. The minimum absolute atomic E-state index is 0.0561. The van der Waals surface area contributed by atoms with Gasteiger partial charge in [-0.3, -0.25) is 14.3 Å². The van der Waals surface area contributed by atoms with Crippen LogP contribution in [-0.2, 0) is 0 Å². The summed E-state index contributed by atoms with van der Waals surface area (Å²) >= 11 is 7.60. The van der Waals surface area contributed by atoms with Crippen molar-refractivity contribution in [3.63, 3.8) is 0 Å². The van der Waals surface area contributed by atoms with Crippen LogP contribution >= 0.6 is 22.9 Å². The molecule has 0 atom stereocenters. The zero-order valence-corrected chi connectivity index (χ0v) is 16.7. The highest BCUT2D eigenvalue weighted by molar-refractivity contribution is 7.17. The predicted octanol–water partition coefficient (Wildman–Crippen LogP) is 5.95. The van der Waals surface area contributed by atoms with E-state index in [1.54, 1.807) is 40.7 Å². The number of halogens is 1. The van der Waals surface area contributed by atoms with Gasteiger partial charge in [0.2, 0.25) is 0 Å². The first-order valence-corrected chi connectivity index (χ1v) is 10.2. The highest BCUT2D eigenvalue weighted by atomic mass is 35.5. The number of fused-ring (bicyclic) bond motifs is 2. The standard InChI is InChI=1S/C23H14ClN3OS/c24-17-2-4-20-16(13-17)1-3-18(26-20)7-11-27-12-8-21-22(23(27)28)19(14-29-21)15-5-9-25-10-6-15/h1-14H. The Morgan fingerprint density at radius 2 is 1.90 bits per heavy atom. The van der Waals surface area contributed by atoms with E-state index in [1.165, 1.54) is 0 Å². The van der Waals surface area contributed by atoms with Crippen LogP contribution in [0.5, 0.6) is 0 Å². The lowest BCUT2D eigenvalue weighted by atomic mass is 10.1. The average Bonchev–Trinajstić information content (AvgIpc) is 3.19. The Hall–Kier alpha value is -3.28. The monoisotopic (exact) mass is 415 g/mol. The van der Waals surface area contributed by atoms with E-state index in [4.69, 9.17) is 11.6 Å². The first-order valence-electron chi connectivity index (χ1n) is 8.96. The maximum atomic E-state index is 13.1. The van der Waals surface area contributed by atoms with E-state index in [2.05, 4.69) is 9.97 Å². The Labute approximate surface area is 175 Å². The number of nitrogens with zero attached hydrogens (tertiary/aromatic N) is 3. The minimum Gasteiger partial charge on any atom is -0.290 e. The van der Waals surface area contributed by atoms with Gasteiger partial charge in [0.05, 0.1) is 16.6 Å². The molecule has 0 aliphatic rings. The fourth-order valence-corrected chi connectivity index (χ4v) is 4.42. The average molecular weight is 416 g/mol. The lowest BCUT2D eigenvalue weighted by Crippen LogP contribution is -2.14. The third kappa shape index (κ3) is 3.35. The van der Waals surface area contributed by atoms with Crippen molar-refractivity contribution >= 4 is 56.2 Å². The molecule has 0 saturated carbocycles. The Balaban J connectivity index is 1.56. The highest BCUT2D eigenvalue weighted by Crippen LogP contribution is 2.31. The normalized spacial score (nSPS) is 11.6. The van der Waals surface area contributed by atoms with E-state index in [1.807, 2.05) is 60.0 Å². The molecular weight excluding hydrogens is 402 g/mol. The molecule has 0 saturated heterocycles. The van der Waals surface area contributed by atoms with Crippen LogP contribution < -0.4 is 5.56 Å². The first kappa shape index (κ1) is 17.8. The molecule has 4 heterocycles. The molecule has 5 rings (SSSR count). The molecule has 0 bridgehead atoms. The summed E-state index contributed by atoms with van der Waals surface area (Å²) in [5.74, 6) is 0. The van der Waals surface area contributed by atoms with Gasteiger partial charge in [-0.25, -0.2) is 4.98 Å². The number of hydrogen-bond donors (Lipinski definition) is 0. The lowest BCUT2D eigenvalue weighted by molar-refractivity contribution is 1.09. The van der Waals surface area contributed by atoms with Gasteiger partial charge in [0.25, 0.3) is 5.56 Å². The van der Waals surface area contributed by atoms with Crippen molar-refractivity contribution in [2.45, 2.75) is 0 Å². The molecule has 0 unspecified atom stereocenters. The second-order valence-corrected chi connectivity index (χ2v) is 7.89. The van der Waals surface area contributed by atoms with Crippen LogP contribution in [0.1, 0.15) is 5.69 Å². The van der Waals surface area contributed by atoms with Crippen LogP contribution in [0.2, 0.25) is 5.02 Å². The second-order valence-electron chi connectivity index (χ2n) is 6.54. The van der Waals surface area contributed by atoms with Crippen molar-refractivity contribution < 1.29 is 0 Å². The van der Waals surface area contributed by atoms with Gasteiger partial charge >= 0.3 is 0 Å². The van der Waals surface area contributed by atoms with Crippen molar-refractivity contribution in [1.82, 2.24) is 14.5 Å². The third-order valence-electron chi connectivity index (χ3n) is 4.72. The van der Waals surface area contributed by atoms with Crippen LogP contribution in [-0.4, -0.2) is 14.5 Å². The van der Waals surface area contributed by atoms with Crippen LogP contribution in [0, 0.1) is 0 Å². The fraction of sp³-hybridized carbons (Fsp3) is 0. The van der Waals surface area contributed by atoms with Gasteiger partial charge in [-0.05, 0) is 54.1 Å². The number of benzene rings is 1. The Morgan fingerprint density at radius 1 is 1.03 bits per heavy atom. The van der Waals surface area contributed by atoms with Gasteiger partial charge in [0.1, 0.15) is 0 Å². The lowest BCUT2D eigenvalue weighted by Gasteiger charge is -2.03. The summed E-state index contributed by atoms with van der Waals surface area (Å²) in [4.78, 5) is 21.8. The maximum absolute atomic E-state index is 13.1. The number of hydrogen-bond acceptors (Lipinski definition) is 4. The van der Waals surface area contributed by atoms with Gasteiger partial charge in [-0.2, -0.15) is 0 Å². The molecule has 0 radical (unpaired) electrons. The molecule has 0 spiro atoms. The quantitative estimate of drug-likeness (QED) is 0.365. The van der Waals surface area contributed by atoms with E-state index >= 15 is 0 Å². The van der Waals surface area contributed by atoms with Crippen LogP contribution in [0.25, 0.3) is 44.4 Å². The summed E-state index contributed by atoms with van der Waals surface area (Å²) in [6.45, 7) is 0. The molecule has 5 aromatic rings. The van der Waals surface area contributed by atoms with Gasteiger partial charge in [-0.1, -0.05) is 17.7 Å². The van der Waals surface area contributed by atoms with Crippen molar-refractivity contribution in [3.8, 4) is 11.1 Å². The molecule has 6 heteroatoms. The largest absolute Gasteiger partial charge is 0.290 e. The zero-order valence-electron chi connectivity index (χ0n) is 15.1. The number of rotatable bonds is 3. The topological polar surface area (TPSA) is 47.8 Å². The maximum Gasteiger partial charge on any atom is 0.263 e. The summed E-state index contributed by atoms with van der Waals surface area (Å²) in [5, 5.41) is 4.40. The molecular formula is C23H14ClN3OS. The van der Waals surface area contributed by atoms with Crippen LogP contribution in [0.4, 0.5) is 0 Å². The minimum atomic E-state index is -0.0561. The van der Waals surface area contributed by atoms with E-state index < -0.39 is 0 Å². The summed E-state index contributed by atoms with van der Waals surface area (Å²) in [5.41, 5.74) is 3.49. The fourth-order valence-electron chi connectivity index (χ4n) is 3.28. The number of thiophene rings is 1. The summed E-state index contributed by atoms with van der Waals surface area (Å²) < 4.78 is 2.56. The zero-order chi connectivity index (χ0) is 19.8. The Kier molecular flexibility index (Phi) is 4.46. The Morgan fingerprint density at radius 3 is 2.76 bits per heavy atom. The van der Waals surface area contributed by atoms with E-state index in [0.717, 1.165) is 37.8 Å². The van der Waals surface area contributed by atoms with E-state index in [9.17, 15) is 4.79 Å².